The molecule has 1 N–H and O–H groups in total. The zero-order valence-corrected chi connectivity index (χ0v) is 20.9. The van der Waals surface area contributed by atoms with Gasteiger partial charge in [0.05, 0.1) is 25.8 Å². The Labute approximate surface area is 205 Å². The summed E-state index contributed by atoms with van der Waals surface area (Å²) in [5.74, 6) is 1.90. The smallest absolute Gasteiger partial charge is 0.252 e. The maximum atomic E-state index is 13.1. The minimum Gasteiger partial charge on any atom is -0.497 e. The monoisotopic (exact) mass is 480 g/mol. The molecule has 3 heterocycles. The first kappa shape index (κ1) is 23.9. The molecule has 0 spiro atoms. The molecule has 1 saturated heterocycles. The summed E-state index contributed by atoms with van der Waals surface area (Å²) in [7, 11) is 1.66. The fraction of sp³-hybridized carbons (Fsp3) is 0.615. The largest absolute Gasteiger partial charge is 0.497 e. The summed E-state index contributed by atoms with van der Waals surface area (Å²) in [5, 5.41) is 13.9. The van der Waals surface area contributed by atoms with Crippen molar-refractivity contribution >= 4 is 10.9 Å². The van der Waals surface area contributed by atoms with Crippen molar-refractivity contribution in [2.45, 2.75) is 83.6 Å². The Balaban J connectivity index is 1.51. The SMILES string of the molecule is COc1ccc2[nH]c(=O)c(CN(C3CCCC3)C(c3nnnn3CC3CCCO3)C(C)C)cc2c1. The van der Waals surface area contributed by atoms with Crippen molar-refractivity contribution in [3.8, 4) is 5.75 Å². The first-order valence-corrected chi connectivity index (χ1v) is 12.9. The van der Waals surface area contributed by atoms with E-state index in [4.69, 9.17) is 9.47 Å². The van der Waals surface area contributed by atoms with Crippen LogP contribution >= 0.6 is 0 Å². The number of methoxy groups -OCH3 is 1. The number of rotatable bonds is 9. The predicted octanol–water partition coefficient (Wildman–Crippen LogP) is 3.84. The molecule has 1 saturated carbocycles. The standard InChI is InChI=1S/C26H36N6O3/c1-17(2)24(25-28-29-30-32(25)16-22-9-6-12-35-22)31(20-7-4-5-8-20)15-19-13-18-14-21(34-3)10-11-23(18)27-26(19)33/h10-11,13-14,17,20,22,24H,4-9,12,15-16H2,1-3H3,(H,27,33). The third-order valence-corrected chi connectivity index (χ3v) is 7.49. The van der Waals surface area contributed by atoms with Crippen molar-refractivity contribution in [2.75, 3.05) is 13.7 Å². The minimum atomic E-state index is -0.0490. The van der Waals surface area contributed by atoms with Crippen LogP contribution in [0.1, 0.15) is 69.8 Å². The maximum Gasteiger partial charge on any atom is 0.252 e. The summed E-state index contributed by atoms with van der Waals surface area (Å²) < 4.78 is 13.2. The number of fused-ring (bicyclic) bond motifs is 1. The van der Waals surface area contributed by atoms with Crippen LogP contribution in [0.5, 0.6) is 5.75 Å². The number of H-pyrrole nitrogens is 1. The molecular weight excluding hydrogens is 444 g/mol. The second kappa shape index (κ2) is 10.5. The molecule has 2 aromatic heterocycles. The molecule has 2 unspecified atom stereocenters. The Bertz CT molecular complexity index is 1190. The molecule has 0 radical (unpaired) electrons. The van der Waals surface area contributed by atoms with Crippen LogP contribution in [0.25, 0.3) is 10.9 Å². The number of nitrogens with zero attached hydrogens (tertiary/aromatic N) is 5. The van der Waals surface area contributed by atoms with Crippen LogP contribution in [-0.4, -0.2) is 56.0 Å². The van der Waals surface area contributed by atoms with Crippen molar-refractivity contribution in [3.63, 3.8) is 0 Å². The van der Waals surface area contributed by atoms with Crippen LogP contribution < -0.4 is 10.3 Å². The number of aromatic amines is 1. The molecule has 0 bridgehead atoms. The Kier molecular flexibility index (Phi) is 7.15. The van der Waals surface area contributed by atoms with Gasteiger partial charge < -0.3 is 14.5 Å². The number of ether oxygens (including phenoxy) is 2. The van der Waals surface area contributed by atoms with E-state index in [0.29, 0.717) is 19.1 Å². The normalized spacial score (nSPS) is 19.9. The zero-order chi connectivity index (χ0) is 24.4. The Hall–Kier alpha value is -2.78. The molecule has 2 aliphatic rings. The van der Waals surface area contributed by atoms with Gasteiger partial charge in [-0.1, -0.05) is 26.7 Å². The number of hydrogen-bond donors (Lipinski definition) is 1. The number of nitrogens with one attached hydrogen (secondary N) is 1. The van der Waals surface area contributed by atoms with Crippen LogP contribution in [0, 0.1) is 5.92 Å². The lowest BCUT2D eigenvalue weighted by atomic mass is 9.97. The zero-order valence-electron chi connectivity index (χ0n) is 20.9. The first-order chi connectivity index (χ1) is 17.0. The van der Waals surface area contributed by atoms with Gasteiger partial charge in [-0.25, -0.2) is 4.68 Å². The average Bonchev–Trinajstić information content (AvgIpc) is 3.63. The molecule has 2 atom stereocenters. The van der Waals surface area contributed by atoms with E-state index in [2.05, 4.69) is 39.3 Å². The van der Waals surface area contributed by atoms with Crippen molar-refractivity contribution in [1.82, 2.24) is 30.1 Å². The maximum absolute atomic E-state index is 13.1. The van der Waals surface area contributed by atoms with Crippen LogP contribution in [-0.2, 0) is 17.8 Å². The highest BCUT2D eigenvalue weighted by Gasteiger charge is 2.36. The van der Waals surface area contributed by atoms with Crippen molar-refractivity contribution in [1.29, 1.82) is 0 Å². The van der Waals surface area contributed by atoms with Gasteiger partial charge in [0, 0.05) is 35.7 Å². The highest BCUT2D eigenvalue weighted by Crippen LogP contribution is 2.36. The average molecular weight is 481 g/mol. The number of tetrazole rings is 1. The molecule has 9 heteroatoms. The predicted molar refractivity (Wildman–Crippen MR) is 133 cm³/mol. The van der Waals surface area contributed by atoms with Crippen LogP contribution in [0.2, 0.25) is 0 Å². The van der Waals surface area contributed by atoms with E-state index >= 15 is 0 Å². The van der Waals surface area contributed by atoms with Crippen LogP contribution in [0.3, 0.4) is 0 Å². The lowest BCUT2D eigenvalue weighted by molar-refractivity contribution is 0.0718. The summed E-state index contributed by atoms with van der Waals surface area (Å²) >= 11 is 0. The van der Waals surface area contributed by atoms with Gasteiger partial charge in [-0.05, 0) is 66.3 Å². The number of aromatic nitrogens is 5. The molecule has 0 amide bonds. The highest BCUT2D eigenvalue weighted by molar-refractivity contribution is 5.80. The van der Waals surface area contributed by atoms with Gasteiger partial charge in [0.25, 0.3) is 5.56 Å². The Morgan fingerprint density at radius 2 is 2.03 bits per heavy atom. The van der Waals surface area contributed by atoms with Crippen molar-refractivity contribution in [2.24, 2.45) is 5.92 Å². The molecule has 3 aromatic rings. The second-order valence-corrected chi connectivity index (χ2v) is 10.2. The molecule has 188 valence electrons. The summed E-state index contributed by atoms with van der Waals surface area (Å²) in [6.07, 6.45) is 6.93. The lowest BCUT2D eigenvalue weighted by Crippen LogP contribution is -2.41. The van der Waals surface area contributed by atoms with E-state index in [0.717, 1.165) is 60.3 Å². The number of benzene rings is 1. The van der Waals surface area contributed by atoms with Gasteiger partial charge in [0.15, 0.2) is 5.82 Å². The van der Waals surface area contributed by atoms with E-state index in [9.17, 15) is 4.79 Å². The van der Waals surface area contributed by atoms with E-state index in [-0.39, 0.29) is 23.6 Å². The van der Waals surface area contributed by atoms with Gasteiger partial charge in [-0.2, -0.15) is 0 Å². The first-order valence-electron chi connectivity index (χ1n) is 12.9. The van der Waals surface area contributed by atoms with Crippen LogP contribution in [0.4, 0.5) is 0 Å². The lowest BCUT2D eigenvalue weighted by Gasteiger charge is -2.38. The summed E-state index contributed by atoms with van der Waals surface area (Å²) in [6, 6.07) is 8.11. The van der Waals surface area contributed by atoms with Gasteiger partial charge >= 0.3 is 0 Å². The van der Waals surface area contributed by atoms with Gasteiger partial charge in [0.1, 0.15) is 5.75 Å². The Morgan fingerprint density at radius 3 is 2.74 bits per heavy atom. The topological polar surface area (TPSA) is 98.2 Å². The van der Waals surface area contributed by atoms with E-state index < -0.39 is 0 Å². The van der Waals surface area contributed by atoms with Crippen LogP contribution in [0.15, 0.2) is 29.1 Å². The van der Waals surface area contributed by atoms with Gasteiger partial charge in [-0.3, -0.25) is 9.69 Å². The third-order valence-electron chi connectivity index (χ3n) is 7.49. The fourth-order valence-corrected chi connectivity index (χ4v) is 5.73. The molecule has 2 fully saturated rings. The third kappa shape index (κ3) is 5.11. The summed E-state index contributed by atoms with van der Waals surface area (Å²) in [5.41, 5.74) is 1.52. The molecule has 1 aromatic carbocycles. The minimum absolute atomic E-state index is 0.00471. The second-order valence-electron chi connectivity index (χ2n) is 10.2. The molecule has 35 heavy (non-hydrogen) atoms. The van der Waals surface area contributed by atoms with Crippen molar-refractivity contribution in [3.05, 3.63) is 46.0 Å². The molecule has 1 aliphatic heterocycles. The molecule has 5 rings (SSSR count). The van der Waals surface area contributed by atoms with Crippen molar-refractivity contribution < 1.29 is 9.47 Å². The van der Waals surface area contributed by atoms with Gasteiger partial charge in [-0.15, -0.1) is 5.10 Å². The quantitative estimate of drug-likeness (QED) is 0.497. The van der Waals surface area contributed by atoms with Gasteiger partial charge in [0.2, 0.25) is 0 Å². The number of hydrogen-bond acceptors (Lipinski definition) is 7. The summed E-state index contributed by atoms with van der Waals surface area (Å²) in [6.45, 7) is 6.45. The molecule has 9 nitrogen and oxygen atoms in total. The highest BCUT2D eigenvalue weighted by atomic mass is 16.5. The molecule has 1 aliphatic carbocycles. The Morgan fingerprint density at radius 1 is 1.20 bits per heavy atom. The van der Waals surface area contributed by atoms with E-state index in [1.807, 2.05) is 28.9 Å². The molecular formula is C26H36N6O3. The fourth-order valence-electron chi connectivity index (χ4n) is 5.73. The van der Waals surface area contributed by atoms with E-state index in [1.165, 1.54) is 12.8 Å². The van der Waals surface area contributed by atoms with E-state index in [1.54, 1.807) is 7.11 Å². The number of pyridine rings is 1. The summed E-state index contributed by atoms with van der Waals surface area (Å²) in [4.78, 5) is 18.7.